The van der Waals surface area contributed by atoms with E-state index in [4.69, 9.17) is 14.6 Å². The van der Waals surface area contributed by atoms with Gasteiger partial charge in [0.25, 0.3) is 0 Å². The lowest BCUT2D eigenvalue weighted by Gasteiger charge is -2.25. The van der Waals surface area contributed by atoms with Crippen LogP contribution in [-0.4, -0.2) is 52.2 Å². The van der Waals surface area contributed by atoms with Crippen LogP contribution in [0.25, 0.3) is 5.69 Å². The summed E-state index contributed by atoms with van der Waals surface area (Å²) in [7, 11) is 1.62. The SMILES string of the molecule is COCC(O)CN(Cc1c(C)nn(-c2ccccc2)c1Oc1cccc(C)c1)C1CC1. The smallest absolute Gasteiger partial charge is 0.227 e. The Bertz CT molecular complexity index is 999. The maximum absolute atomic E-state index is 10.3. The summed E-state index contributed by atoms with van der Waals surface area (Å²) in [5.74, 6) is 1.51. The van der Waals surface area contributed by atoms with Crippen molar-refractivity contribution in [1.29, 1.82) is 0 Å². The number of ether oxygens (including phenoxy) is 2. The quantitative estimate of drug-likeness (QED) is 0.530. The van der Waals surface area contributed by atoms with Gasteiger partial charge < -0.3 is 14.6 Å². The molecule has 1 aliphatic carbocycles. The van der Waals surface area contributed by atoms with Crippen LogP contribution in [0.4, 0.5) is 0 Å². The van der Waals surface area contributed by atoms with Crippen LogP contribution in [0.1, 0.15) is 29.7 Å². The van der Waals surface area contributed by atoms with E-state index >= 15 is 0 Å². The predicted octanol–water partition coefficient (Wildman–Crippen LogP) is 4.25. The Morgan fingerprint density at radius 2 is 1.90 bits per heavy atom. The molecule has 0 spiro atoms. The number of benzene rings is 2. The first-order valence-electron chi connectivity index (χ1n) is 10.8. The second kappa shape index (κ2) is 9.64. The van der Waals surface area contributed by atoms with Crippen molar-refractivity contribution in [3.8, 4) is 17.3 Å². The molecular formula is C25H31N3O3. The second-order valence-corrected chi connectivity index (χ2v) is 8.30. The first kappa shape index (κ1) is 21.6. The molecule has 0 aliphatic heterocycles. The zero-order valence-electron chi connectivity index (χ0n) is 18.5. The molecule has 164 valence electrons. The average molecular weight is 422 g/mol. The number of rotatable bonds is 10. The van der Waals surface area contributed by atoms with Gasteiger partial charge in [-0.1, -0.05) is 30.3 Å². The molecule has 1 heterocycles. The van der Waals surface area contributed by atoms with E-state index in [2.05, 4.69) is 17.9 Å². The molecule has 6 heteroatoms. The fourth-order valence-corrected chi connectivity index (χ4v) is 3.86. The lowest BCUT2D eigenvalue weighted by Crippen LogP contribution is -2.36. The monoisotopic (exact) mass is 421 g/mol. The van der Waals surface area contributed by atoms with E-state index in [1.54, 1.807) is 7.11 Å². The van der Waals surface area contributed by atoms with Crippen LogP contribution in [0.3, 0.4) is 0 Å². The number of aliphatic hydroxyl groups is 1. The van der Waals surface area contributed by atoms with Gasteiger partial charge in [0.1, 0.15) is 5.75 Å². The highest BCUT2D eigenvalue weighted by atomic mass is 16.5. The van der Waals surface area contributed by atoms with E-state index in [1.165, 1.54) is 0 Å². The summed E-state index contributed by atoms with van der Waals surface area (Å²) >= 11 is 0. The van der Waals surface area contributed by atoms with Crippen molar-refractivity contribution in [3.05, 3.63) is 71.4 Å². The molecule has 0 radical (unpaired) electrons. The fourth-order valence-electron chi connectivity index (χ4n) is 3.86. The molecular weight excluding hydrogens is 390 g/mol. The number of para-hydroxylation sites is 1. The lowest BCUT2D eigenvalue weighted by atomic mass is 10.2. The highest BCUT2D eigenvalue weighted by Gasteiger charge is 2.32. The molecule has 1 unspecified atom stereocenters. The van der Waals surface area contributed by atoms with E-state index in [0.717, 1.165) is 47.0 Å². The fraction of sp³-hybridized carbons (Fsp3) is 0.400. The number of aliphatic hydroxyl groups excluding tert-OH is 1. The minimum atomic E-state index is -0.517. The minimum absolute atomic E-state index is 0.331. The van der Waals surface area contributed by atoms with E-state index < -0.39 is 6.10 Å². The van der Waals surface area contributed by atoms with Gasteiger partial charge >= 0.3 is 0 Å². The molecule has 6 nitrogen and oxygen atoms in total. The van der Waals surface area contributed by atoms with Gasteiger partial charge in [0.05, 0.1) is 29.7 Å². The van der Waals surface area contributed by atoms with Gasteiger partial charge in [0.15, 0.2) is 0 Å². The lowest BCUT2D eigenvalue weighted by molar-refractivity contribution is 0.0335. The molecule has 2 aromatic carbocycles. The summed E-state index contributed by atoms with van der Waals surface area (Å²) in [5.41, 5.74) is 4.07. The number of hydrogen-bond acceptors (Lipinski definition) is 5. The molecule has 0 amide bonds. The largest absolute Gasteiger partial charge is 0.439 e. The molecule has 4 rings (SSSR count). The maximum Gasteiger partial charge on any atom is 0.227 e. The van der Waals surface area contributed by atoms with Crippen LogP contribution < -0.4 is 4.74 Å². The Hall–Kier alpha value is -2.67. The first-order chi connectivity index (χ1) is 15.0. The van der Waals surface area contributed by atoms with E-state index in [9.17, 15) is 5.11 Å². The molecule has 1 aromatic heterocycles. The van der Waals surface area contributed by atoms with Gasteiger partial charge in [-0.15, -0.1) is 0 Å². The topological polar surface area (TPSA) is 59.8 Å². The second-order valence-electron chi connectivity index (χ2n) is 8.30. The van der Waals surface area contributed by atoms with Crippen molar-refractivity contribution in [2.45, 2.75) is 45.4 Å². The molecule has 1 atom stereocenters. The van der Waals surface area contributed by atoms with E-state index in [1.807, 2.05) is 60.1 Å². The number of methoxy groups -OCH3 is 1. The summed E-state index contributed by atoms with van der Waals surface area (Å²) in [6.45, 7) is 5.65. The average Bonchev–Trinajstić information content (AvgIpc) is 3.55. The molecule has 1 N–H and O–H groups in total. The summed E-state index contributed by atoms with van der Waals surface area (Å²) in [6, 6.07) is 18.6. The standard InChI is InChI=1S/C25H31N3O3/c1-18-8-7-11-23(14-18)31-25-24(16-27(20-12-13-20)15-22(29)17-30-3)19(2)26-28(25)21-9-5-4-6-10-21/h4-11,14,20,22,29H,12-13,15-17H2,1-3H3. The summed E-state index contributed by atoms with van der Waals surface area (Å²) in [4.78, 5) is 2.33. The zero-order chi connectivity index (χ0) is 21.8. The van der Waals surface area contributed by atoms with Crippen molar-refractivity contribution >= 4 is 0 Å². The predicted molar refractivity (Wildman–Crippen MR) is 121 cm³/mol. The van der Waals surface area contributed by atoms with Crippen LogP contribution in [-0.2, 0) is 11.3 Å². The number of nitrogens with zero attached hydrogens (tertiary/aromatic N) is 3. The van der Waals surface area contributed by atoms with Gasteiger partial charge in [-0.05, 0) is 56.5 Å². The van der Waals surface area contributed by atoms with Crippen LogP contribution in [0.2, 0.25) is 0 Å². The Balaban J connectivity index is 1.69. The summed E-state index contributed by atoms with van der Waals surface area (Å²) < 4.78 is 13.5. The Morgan fingerprint density at radius 1 is 1.13 bits per heavy atom. The number of aromatic nitrogens is 2. The highest BCUT2D eigenvalue weighted by Crippen LogP contribution is 2.35. The third-order valence-electron chi connectivity index (χ3n) is 5.57. The summed E-state index contributed by atoms with van der Waals surface area (Å²) in [6.07, 6.45) is 1.79. The third-order valence-corrected chi connectivity index (χ3v) is 5.57. The number of hydrogen-bond donors (Lipinski definition) is 1. The van der Waals surface area contributed by atoms with Crippen molar-refractivity contribution in [1.82, 2.24) is 14.7 Å². The number of aryl methyl sites for hydroxylation is 2. The van der Waals surface area contributed by atoms with Crippen LogP contribution >= 0.6 is 0 Å². The third kappa shape index (κ3) is 5.34. The Labute approximate surface area is 184 Å². The molecule has 1 fully saturated rings. The normalized spacial score (nSPS) is 14.7. The Morgan fingerprint density at radius 3 is 2.58 bits per heavy atom. The first-order valence-corrected chi connectivity index (χ1v) is 10.8. The molecule has 1 saturated carbocycles. The van der Waals surface area contributed by atoms with Gasteiger partial charge in [0, 0.05) is 26.2 Å². The van der Waals surface area contributed by atoms with Gasteiger partial charge in [-0.25, -0.2) is 4.68 Å². The van der Waals surface area contributed by atoms with Crippen molar-refractivity contribution in [2.75, 3.05) is 20.3 Å². The van der Waals surface area contributed by atoms with Crippen LogP contribution in [0.5, 0.6) is 11.6 Å². The molecule has 0 saturated heterocycles. The van der Waals surface area contributed by atoms with Crippen molar-refractivity contribution < 1.29 is 14.6 Å². The Kier molecular flexibility index (Phi) is 6.70. The van der Waals surface area contributed by atoms with Crippen molar-refractivity contribution in [2.24, 2.45) is 0 Å². The van der Waals surface area contributed by atoms with Crippen LogP contribution in [0.15, 0.2) is 54.6 Å². The highest BCUT2D eigenvalue weighted by molar-refractivity contribution is 5.43. The van der Waals surface area contributed by atoms with Crippen molar-refractivity contribution in [3.63, 3.8) is 0 Å². The van der Waals surface area contributed by atoms with Gasteiger partial charge in [-0.3, -0.25) is 4.90 Å². The zero-order valence-corrected chi connectivity index (χ0v) is 18.5. The van der Waals surface area contributed by atoms with E-state index in [0.29, 0.717) is 25.7 Å². The summed E-state index contributed by atoms with van der Waals surface area (Å²) in [5, 5.41) is 15.2. The van der Waals surface area contributed by atoms with Crippen LogP contribution in [0, 0.1) is 13.8 Å². The van der Waals surface area contributed by atoms with Gasteiger partial charge in [0.2, 0.25) is 5.88 Å². The molecule has 31 heavy (non-hydrogen) atoms. The molecule has 3 aromatic rings. The van der Waals surface area contributed by atoms with Gasteiger partial charge in [-0.2, -0.15) is 5.10 Å². The molecule has 0 bridgehead atoms. The molecule has 1 aliphatic rings. The van der Waals surface area contributed by atoms with E-state index in [-0.39, 0.29) is 0 Å². The maximum atomic E-state index is 10.3. The minimum Gasteiger partial charge on any atom is -0.439 e.